The van der Waals surface area contributed by atoms with Gasteiger partial charge in [0.15, 0.2) is 0 Å². The number of hydrogen-bond donors (Lipinski definition) is 2. The molecule has 0 aliphatic heterocycles. The van der Waals surface area contributed by atoms with E-state index in [9.17, 15) is 14.4 Å². The molecular formula is C31H29N3O7. The first-order valence-corrected chi connectivity index (χ1v) is 13.1. The van der Waals surface area contributed by atoms with Gasteiger partial charge in [-0.1, -0.05) is 30.3 Å². The first kappa shape index (κ1) is 27.4. The Bertz CT molecular complexity index is 1630. The van der Waals surface area contributed by atoms with E-state index in [1.54, 1.807) is 48.7 Å². The molecule has 4 aromatic rings. The number of benzene rings is 3. The molecule has 1 aliphatic carbocycles. The molecule has 10 nitrogen and oxygen atoms in total. The van der Waals surface area contributed by atoms with Gasteiger partial charge in [-0.2, -0.15) is 0 Å². The van der Waals surface area contributed by atoms with Crippen LogP contribution in [0.5, 0.6) is 11.5 Å². The Morgan fingerprint density at radius 2 is 1.63 bits per heavy atom. The molecule has 10 heteroatoms. The number of nitrogens with one attached hydrogen (secondary N) is 2. The van der Waals surface area contributed by atoms with Gasteiger partial charge in [-0.25, -0.2) is 9.59 Å². The van der Waals surface area contributed by atoms with Gasteiger partial charge < -0.3 is 23.5 Å². The third-order valence-corrected chi connectivity index (χ3v) is 6.55. The number of ether oxygens (including phenoxy) is 4. The van der Waals surface area contributed by atoms with Crippen molar-refractivity contribution in [2.24, 2.45) is 0 Å². The predicted molar refractivity (Wildman–Crippen MR) is 152 cm³/mol. The molecule has 0 bridgehead atoms. The Kier molecular flexibility index (Phi) is 8.28. The molecule has 1 aliphatic rings. The first-order chi connectivity index (χ1) is 19.9. The Morgan fingerprint density at radius 3 is 2.32 bits per heavy atom. The van der Waals surface area contributed by atoms with Crippen LogP contribution in [0.25, 0.3) is 10.9 Å². The fourth-order valence-electron chi connectivity index (χ4n) is 4.30. The van der Waals surface area contributed by atoms with Gasteiger partial charge in [0.05, 0.1) is 12.6 Å². The second-order valence-electron chi connectivity index (χ2n) is 9.46. The molecule has 5 rings (SSSR count). The first-order valence-electron chi connectivity index (χ1n) is 13.1. The topological polar surface area (TPSA) is 129 Å². The SMILES string of the molecule is COC(=O)c1cn(C2CC2)c2cc(OCCOc3ccc(C(=N)NC(=O)OCc4ccccc4)cc3)ccc2c1=O. The van der Waals surface area contributed by atoms with Crippen LogP contribution in [-0.4, -0.2) is 42.8 Å². The second kappa shape index (κ2) is 12.4. The molecule has 1 fully saturated rings. The number of amides is 1. The van der Waals surface area contributed by atoms with Crippen LogP contribution in [0.2, 0.25) is 0 Å². The molecule has 0 radical (unpaired) electrons. The molecule has 0 unspecified atom stereocenters. The molecule has 1 aromatic heterocycles. The molecule has 0 spiro atoms. The lowest BCUT2D eigenvalue weighted by atomic mass is 10.1. The van der Waals surface area contributed by atoms with Crippen LogP contribution in [-0.2, 0) is 16.1 Å². The van der Waals surface area contributed by atoms with E-state index in [1.165, 1.54) is 7.11 Å². The average Bonchev–Trinajstić information content (AvgIpc) is 3.84. The number of methoxy groups -OCH3 is 1. The summed E-state index contributed by atoms with van der Waals surface area (Å²) in [5, 5.41) is 11.0. The van der Waals surface area contributed by atoms with Crippen molar-refractivity contribution in [1.82, 2.24) is 9.88 Å². The minimum atomic E-state index is -0.706. The molecule has 1 saturated carbocycles. The largest absolute Gasteiger partial charge is 0.490 e. The number of aromatic nitrogens is 1. The van der Waals surface area contributed by atoms with Gasteiger partial charge in [-0.15, -0.1) is 0 Å². The highest BCUT2D eigenvalue weighted by molar-refractivity contribution is 6.04. The van der Waals surface area contributed by atoms with E-state index in [2.05, 4.69) is 5.32 Å². The number of amidine groups is 1. The zero-order valence-electron chi connectivity index (χ0n) is 22.4. The van der Waals surface area contributed by atoms with Crippen LogP contribution in [0.3, 0.4) is 0 Å². The molecule has 1 heterocycles. The summed E-state index contributed by atoms with van der Waals surface area (Å²) in [5.74, 6) is 0.423. The van der Waals surface area contributed by atoms with E-state index in [-0.39, 0.29) is 42.7 Å². The molecule has 2 N–H and O–H groups in total. The smallest absolute Gasteiger partial charge is 0.413 e. The lowest BCUT2D eigenvalue weighted by molar-refractivity contribution is 0.0598. The number of nitrogens with zero attached hydrogens (tertiary/aromatic N) is 1. The van der Waals surface area contributed by atoms with Gasteiger partial charge in [-0.05, 0) is 54.8 Å². The van der Waals surface area contributed by atoms with Crippen molar-refractivity contribution >= 4 is 28.8 Å². The van der Waals surface area contributed by atoms with Gasteiger partial charge in [-0.3, -0.25) is 15.5 Å². The van der Waals surface area contributed by atoms with Crippen LogP contribution >= 0.6 is 0 Å². The Labute approximate surface area is 235 Å². The average molecular weight is 556 g/mol. The van der Waals surface area contributed by atoms with Crippen molar-refractivity contribution in [1.29, 1.82) is 5.41 Å². The third kappa shape index (κ3) is 6.73. The summed E-state index contributed by atoms with van der Waals surface area (Å²) in [7, 11) is 1.26. The van der Waals surface area contributed by atoms with Crippen molar-refractivity contribution in [3.8, 4) is 11.5 Å². The highest BCUT2D eigenvalue weighted by atomic mass is 16.5. The number of carbonyl (C=O) groups is 2. The third-order valence-electron chi connectivity index (χ3n) is 6.55. The van der Waals surface area contributed by atoms with E-state index in [0.29, 0.717) is 28.0 Å². The second-order valence-corrected chi connectivity index (χ2v) is 9.46. The zero-order chi connectivity index (χ0) is 28.8. The van der Waals surface area contributed by atoms with E-state index >= 15 is 0 Å². The number of carbonyl (C=O) groups excluding carboxylic acids is 2. The van der Waals surface area contributed by atoms with Gasteiger partial charge in [0.2, 0.25) is 5.43 Å². The Morgan fingerprint density at radius 1 is 0.951 bits per heavy atom. The molecular weight excluding hydrogens is 526 g/mol. The highest BCUT2D eigenvalue weighted by Gasteiger charge is 2.27. The summed E-state index contributed by atoms with van der Waals surface area (Å²) in [6.45, 7) is 0.631. The summed E-state index contributed by atoms with van der Waals surface area (Å²) in [6, 6.07) is 21.4. The molecule has 0 saturated heterocycles. The highest BCUT2D eigenvalue weighted by Crippen LogP contribution is 2.37. The fourth-order valence-corrected chi connectivity index (χ4v) is 4.30. The standard InChI is InChI=1S/C31H29N3O7/c1-38-30(36)26-18-34(22-9-10-22)27-17-24(13-14-25(27)28(26)35)40-16-15-39-23-11-7-21(8-12-23)29(32)33-31(37)41-19-20-5-3-2-4-6-20/h2-8,11-14,17-18,22H,9-10,15-16,19H2,1H3,(H2,32,33,37). The molecule has 1 amide bonds. The van der Waals surface area contributed by atoms with Crippen molar-refractivity contribution in [3.05, 3.63) is 106 Å². The number of rotatable bonds is 10. The van der Waals surface area contributed by atoms with Crippen molar-refractivity contribution in [3.63, 3.8) is 0 Å². The fraction of sp³-hybridized carbons (Fsp3) is 0.226. The lowest BCUT2D eigenvalue weighted by Crippen LogP contribution is -2.30. The Balaban J connectivity index is 1.12. The van der Waals surface area contributed by atoms with Gasteiger partial charge in [0.1, 0.15) is 42.7 Å². The Hall–Kier alpha value is -5.12. The number of hydrogen-bond acceptors (Lipinski definition) is 8. The molecule has 3 aromatic carbocycles. The molecule has 0 atom stereocenters. The number of fused-ring (bicyclic) bond motifs is 1. The molecule has 41 heavy (non-hydrogen) atoms. The molecule has 210 valence electrons. The number of pyridine rings is 1. The van der Waals surface area contributed by atoms with E-state index in [1.807, 2.05) is 34.9 Å². The van der Waals surface area contributed by atoms with E-state index < -0.39 is 12.1 Å². The maximum atomic E-state index is 12.8. The summed E-state index contributed by atoms with van der Waals surface area (Å²) in [6.07, 6.45) is 2.82. The lowest BCUT2D eigenvalue weighted by Gasteiger charge is -2.14. The van der Waals surface area contributed by atoms with E-state index in [4.69, 9.17) is 24.4 Å². The predicted octanol–water partition coefficient (Wildman–Crippen LogP) is 4.83. The maximum Gasteiger partial charge on any atom is 0.413 e. The minimum absolute atomic E-state index is 0.0221. The van der Waals surface area contributed by atoms with Crippen molar-refractivity contribution < 1.29 is 28.5 Å². The van der Waals surface area contributed by atoms with Crippen molar-refractivity contribution in [2.45, 2.75) is 25.5 Å². The normalized spacial score (nSPS) is 12.4. The quantitative estimate of drug-likeness (QED) is 0.124. The maximum absolute atomic E-state index is 12.8. The summed E-state index contributed by atoms with van der Waals surface area (Å²) < 4.78 is 23.5. The number of esters is 1. The zero-order valence-corrected chi connectivity index (χ0v) is 22.4. The summed E-state index contributed by atoms with van der Waals surface area (Å²) >= 11 is 0. The minimum Gasteiger partial charge on any atom is -0.490 e. The van der Waals surface area contributed by atoms with Crippen LogP contribution in [0, 0.1) is 5.41 Å². The van der Waals surface area contributed by atoms with Crippen LogP contribution < -0.4 is 20.2 Å². The van der Waals surface area contributed by atoms with Gasteiger partial charge >= 0.3 is 12.1 Å². The summed E-state index contributed by atoms with van der Waals surface area (Å²) in [4.78, 5) is 36.9. The summed E-state index contributed by atoms with van der Waals surface area (Å²) in [5.41, 5.74) is 1.72. The van der Waals surface area contributed by atoms with Crippen LogP contribution in [0.1, 0.15) is 40.4 Å². The van der Waals surface area contributed by atoms with Gasteiger partial charge in [0, 0.05) is 29.3 Å². The van der Waals surface area contributed by atoms with Crippen LogP contribution in [0.4, 0.5) is 4.79 Å². The van der Waals surface area contributed by atoms with Gasteiger partial charge in [0.25, 0.3) is 0 Å². The number of alkyl carbamates (subject to hydrolysis) is 1. The van der Waals surface area contributed by atoms with Crippen LogP contribution in [0.15, 0.2) is 83.8 Å². The van der Waals surface area contributed by atoms with Crippen molar-refractivity contribution in [2.75, 3.05) is 20.3 Å². The van der Waals surface area contributed by atoms with E-state index in [0.717, 1.165) is 18.4 Å². The monoisotopic (exact) mass is 555 g/mol.